The Bertz CT molecular complexity index is 899. The number of benzene rings is 2. The van der Waals surface area contributed by atoms with Gasteiger partial charge in [0.25, 0.3) is 10.0 Å². The standard InChI is InChI=1S/C21H27ClN2O4S/c1-4-6-16(3)23-21(25)15-24(18-9-11-19(12-10-18)28-5-2)29(26,27)20-13-7-17(22)8-14-20/h7-14,16H,4-6,15H2,1-3H3,(H,23,25)/t16-/m1/s1. The van der Waals surface area contributed by atoms with Crippen LogP contribution in [-0.2, 0) is 14.8 Å². The number of nitrogens with zero attached hydrogens (tertiary/aromatic N) is 1. The first-order valence-electron chi connectivity index (χ1n) is 9.58. The van der Waals surface area contributed by atoms with Crippen molar-refractivity contribution < 1.29 is 17.9 Å². The van der Waals surface area contributed by atoms with Gasteiger partial charge in [-0.2, -0.15) is 0 Å². The van der Waals surface area contributed by atoms with Crippen molar-refractivity contribution in [2.45, 2.75) is 44.6 Å². The van der Waals surface area contributed by atoms with Crippen LogP contribution in [0.15, 0.2) is 53.4 Å². The summed E-state index contributed by atoms with van der Waals surface area (Å²) in [6.07, 6.45) is 1.74. The van der Waals surface area contributed by atoms with Crippen molar-refractivity contribution in [1.29, 1.82) is 0 Å². The molecule has 0 bridgehead atoms. The summed E-state index contributed by atoms with van der Waals surface area (Å²) in [5.41, 5.74) is 0.377. The van der Waals surface area contributed by atoms with Crippen molar-refractivity contribution in [2.75, 3.05) is 17.5 Å². The molecule has 6 nitrogen and oxygen atoms in total. The monoisotopic (exact) mass is 438 g/mol. The summed E-state index contributed by atoms with van der Waals surface area (Å²) in [6, 6.07) is 12.5. The summed E-state index contributed by atoms with van der Waals surface area (Å²) in [5.74, 6) is 0.262. The van der Waals surface area contributed by atoms with Crippen molar-refractivity contribution in [1.82, 2.24) is 5.32 Å². The van der Waals surface area contributed by atoms with E-state index in [1.165, 1.54) is 24.3 Å². The highest BCUT2D eigenvalue weighted by Crippen LogP contribution is 2.26. The Balaban J connectivity index is 2.36. The molecule has 0 aliphatic carbocycles. The number of halogens is 1. The first-order chi connectivity index (χ1) is 13.8. The van der Waals surface area contributed by atoms with Gasteiger partial charge in [0, 0.05) is 11.1 Å². The molecular formula is C21H27ClN2O4S. The van der Waals surface area contributed by atoms with Crippen molar-refractivity contribution in [3.63, 3.8) is 0 Å². The molecule has 0 saturated carbocycles. The SMILES string of the molecule is CCC[C@@H](C)NC(=O)CN(c1ccc(OCC)cc1)S(=O)(=O)c1ccc(Cl)cc1. The smallest absolute Gasteiger partial charge is 0.264 e. The zero-order chi connectivity index (χ0) is 21.4. The van der Waals surface area contributed by atoms with Crippen LogP contribution >= 0.6 is 11.6 Å². The van der Waals surface area contributed by atoms with Crippen LogP contribution in [0.5, 0.6) is 5.75 Å². The third-order valence-corrected chi connectivity index (χ3v) is 6.29. The van der Waals surface area contributed by atoms with Gasteiger partial charge in [0.2, 0.25) is 5.91 Å². The third kappa shape index (κ3) is 6.37. The predicted molar refractivity (Wildman–Crippen MR) is 116 cm³/mol. The number of amides is 1. The summed E-state index contributed by atoms with van der Waals surface area (Å²) in [4.78, 5) is 12.6. The van der Waals surface area contributed by atoms with Crippen LogP contribution in [0.25, 0.3) is 0 Å². The van der Waals surface area contributed by atoms with Gasteiger partial charge in [-0.05, 0) is 68.8 Å². The Labute approximate surface area is 177 Å². The van der Waals surface area contributed by atoms with Crippen LogP contribution in [0.1, 0.15) is 33.6 Å². The molecule has 29 heavy (non-hydrogen) atoms. The number of nitrogens with one attached hydrogen (secondary N) is 1. The highest BCUT2D eigenvalue weighted by atomic mass is 35.5. The van der Waals surface area contributed by atoms with E-state index in [-0.39, 0.29) is 23.4 Å². The molecule has 2 rings (SSSR count). The Morgan fingerprint density at radius 1 is 1.10 bits per heavy atom. The van der Waals surface area contributed by atoms with E-state index in [2.05, 4.69) is 5.32 Å². The van der Waals surface area contributed by atoms with Crippen LogP contribution < -0.4 is 14.4 Å². The molecule has 0 saturated heterocycles. The molecule has 2 aromatic carbocycles. The minimum atomic E-state index is -3.97. The van der Waals surface area contributed by atoms with Crippen molar-refractivity contribution in [3.8, 4) is 5.75 Å². The van der Waals surface area contributed by atoms with E-state index in [4.69, 9.17) is 16.3 Å². The topological polar surface area (TPSA) is 75.7 Å². The molecule has 0 aliphatic heterocycles. The molecule has 1 amide bonds. The molecule has 158 valence electrons. The average Bonchev–Trinajstić information content (AvgIpc) is 2.67. The maximum Gasteiger partial charge on any atom is 0.264 e. The van der Waals surface area contributed by atoms with E-state index >= 15 is 0 Å². The minimum absolute atomic E-state index is 0.0343. The first kappa shape index (κ1) is 23.0. The van der Waals surface area contributed by atoms with E-state index < -0.39 is 10.0 Å². The summed E-state index contributed by atoms with van der Waals surface area (Å²) >= 11 is 5.89. The van der Waals surface area contributed by atoms with Gasteiger partial charge in [0.15, 0.2) is 0 Å². The number of sulfonamides is 1. The van der Waals surface area contributed by atoms with Crippen LogP contribution in [-0.4, -0.2) is 33.5 Å². The summed E-state index contributed by atoms with van der Waals surface area (Å²) in [5, 5.41) is 3.29. The van der Waals surface area contributed by atoms with E-state index in [0.717, 1.165) is 17.1 Å². The Morgan fingerprint density at radius 3 is 2.28 bits per heavy atom. The molecule has 8 heteroatoms. The van der Waals surface area contributed by atoms with Gasteiger partial charge < -0.3 is 10.1 Å². The number of carbonyl (C=O) groups is 1. The first-order valence-corrected chi connectivity index (χ1v) is 11.4. The van der Waals surface area contributed by atoms with Gasteiger partial charge in [-0.1, -0.05) is 24.9 Å². The van der Waals surface area contributed by atoms with E-state index in [0.29, 0.717) is 23.1 Å². The molecule has 0 aliphatic rings. The normalized spacial score (nSPS) is 12.3. The van der Waals surface area contributed by atoms with Gasteiger partial charge in [-0.25, -0.2) is 8.42 Å². The Kier molecular flexibility index (Phi) is 8.34. The van der Waals surface area contributed by atoms with Crippen LogP contribution in [0.3, 0.4) is 0 Å². The van der Waals surface area contributed by atoms with Crippen LogP contribution in [0.2, 0.25) is 5.02 Å². The van der Waals surface area contributed by atoms with Gasteiger partial charge >= 0.3 is 0 Å². The summed E-state index contributed by atoms with van der Waals surface area (Å²) in [7, 11) is -3.97. The van der Waals surface area contributed by atoms with Gasteiger partial charge in [-0.15, -0.1) is 0 Å². The van der Waals surface area contributed by atoms with Crippen LogP contribution in [0, 0.1) is 0 Å². The Hall–Kier alpha value is -2.25. The fraction of sp³-hybridized carbons (Fsp3) is 0.381. The fourth-order valence-corrected chi connectivity index (χ4v) is 4.43. The van der Waals surface area contributed by atoms with E-state index in [9.17, 15) is 13.2 Å². The third-order valence-electron chi connectivity index (χ3n) is 4.25. The molecule has 2 aromatic rings. The number of anilines is 1. The van der Waals surface area contributed by atoms with Gasteiger partial charge in [0.1, 0.15) is 12.3 Å². The highest BCUT2D eigenvalue weighted by Gasteiger charge is 2.27. The van der Waals surface area contributed by atoms with E-state index in [1.807, 2.05) is 20.8 Å². The number of hydrogen-bond acceptors (Lipinski definition) is 4. The van der Waals surface area contributed by atoms with Crippen molar-refractivity contribution in [3.05, 3.63) is 53.6 Å². The highest BCUT2D eigenvalue weighted by molar-refractivity contribution is 7.92. The molecular weight excluding hydrogens is 412 g/mol. The summed E-state index contributed by atoms with van der Waals surface area (Å²) in [6.45, 7) is 5.97. The quantitative estimate of drug-likeness (QED) is 0.602. The Morgan fingerprint density at radius 2 is 1.72 bits per heavy atom. The average molecular weight is 439 g/mol. The van der Waals surface area contributed by atoms with E-state index in [1.54, 1.807) is 24.3 Å². The predicted octanol–water partition coefficient (Wildman–Crippen LogP) is 4.24. The second kappa shape index (κ2) is 10.5. The molecule has 0 radical (unpaired) electrons. The minimum Gasteiger partial charge on any atom is -0.494 e. The zero-order valence-electron chi connectivity index (χ0n) is 16.9. The molecule has 0 aromatic heterocycles. The molecule has 1 atom stereocenters. The summed E-state index contributed by atoms with van der Waals surface area (Å²) < 4.78 is 33.1. The zero-order valence-corrected chi connectivity index (χ0v) is 18.5. The maximum atomic E-state index is 13.3. The molecule has 0 fully saturated rings. The molecule has 1 N–H and O–H groups in total. The van der Waals surface area contributed by atoms with Gasteiger partial charge in [-0.3, -0.25) is 9.10 Å². The second-order valence-electron chi connectivity index (χ2n) is 6.65. The maximum absolute atomic E-state index is 13.3. The number of rotatable bonds is 10. The lowest BCUT2D eigenvalue weighted by Gasteiger charge is -2.25. The second-order valence-corrected chi connectivity index (χ2v) is 8.95. The lowest BCUT2D eigenvalue weighted by Crippen LogP contribution is -2.43. The number of ether oxygens (including phenoxy) is 1. The number of carbonyl (C=O) groups excluding carboxylic acids is 1. The largest absolute Gasteiger partial charge is 0.494 e. The lowest BCUT2D eigenvalue weighted by atomic mass is 10.2. The van der Waals surface area contributed by atoms with Crippen molar-refractivity contribution in [2.24, 2.45) is 0 Å². The van der Waals surface area contributed by atoms with Crippen LogP contribution in [0.4, 0.5) is 5.69 Å². The van der Waals surface area contributed by atoms with Crippen molar-refractivity contribution >= 4 is 33.2 Å². The molecule has 0 heterocycles. The molecule has 0 unspecified atom stereocenters. The molecule has 0 spiro atoms. The van der Waals surface area contributed by atoms with Gasteiger partial charge in [0.05, 0.1) is 17.2 Å². The number of hydrogen-bond donors (Lipinski definition) is 1. The lowest BCUT2D eigenvalue weighted by molar-refractivity contribution is -0.120. The fourth-order valence-electron chi connectivity index (χ4n) is 2.88.